The van der Waals surface area contributed by atoms with Gasteiger partial charge in [-0.15, -0.1) is 0 Å². The minimum absolute atomic E-state index is 0.236. The fraction of sp³-hybridized carbons (Fsp3) is 0.667. The molecule has 0 unspecified atom stereocenters. The summed E-state index contributed by atoms with van der Waals surface area (Å²) in [6.45, 7) is 7.41. The first-order valence-electron chi connectivity index (χ1n) is 5.94. The van der Waals surface area contributed by atoms with Gasteiger partial charge >= 0.3 is 0 Å². The average molecular weight is 254 g/mol. The molecule has 0 saturated carbocycles. The highest BCUT2D eigenvalue weighted by atomic mass is 16.5. The number of nitrogens with one attached hydrogen (secondary N) is 2. The van der Waals surface area contributed by atoms with Crippen LogP contribution in [-0.2, 0) is 4.74 Å². The Balaban J connectivity index is 2.97. The van der Waals surface area contributed by atoms with Crippen LogP contribution in [0.5, 0.6) is 5.75 Å². The third kappa shape index (κ3) is 3.73. The number of anilines is 2. The maximum absolute atomic E-state index is 5.36. The second-order valence-electron chi connectivity index (χ2n) is 4.58. The van der Waals surface area contributed by atoms with Gasteiger partial charge in [0.15, 0.2) is 11.6 Å². The van der Waals surface area contributed by atoms with E-state index in [0.29, 0.717) is 24.0 Å². The summed E-state index contributed by atoms with van der Waals surface area (Å²) in [5.74, 6) is 1.96. The largest absolute Gasteiger partial charge is 0.490 e. The van der Waals surface area contributed by atoms with Gasteiger partial charge in [0, 0.05) is 13.7 Å². The van der Waals surface area contributed by atoms with Crippen LogP contribution in [0.25, 0.3) is 0 Å². The van der Waals surface area contributed by atoms with E-state index in [1.165, 1.54) is 6.33 Å². The van der Waals surface area contributed by atoms with Crippen LogP contribution in [0.15, 0.2) is 6.33 Å². The van der Waals surface area contributed by atoms with Crippen LogP contribution in [0.2, 0.25) is 0 Å². The Kier molecular flexibility index (Phi) is 5.15. The van der Waals surface area contributed by atoms with Gasteiger partial charge in [0.1, 0.15) is 6.33 Å². The Morgan fingerprint density at radius 1 is 1.22 bits per heavy atom. The van der Waals surface area contributed by atoms with Crippen molar-refractivity contribution in [1.82, 2.24) is 9.97 Å². The highest BCUT2D eigenvalue weighted by molar-refractivity contribution is 5.64. The third-order valence-electron chi connectivity index (χ3n) is 2.31. The maximum atomic E-state index is 5.36. The molecule has 0 bridgehead atoms. The van der Waals surface area contributed by atoms with E-state index >= 15 is 0 Å². The van der Waals surface area contributed by atoms with Gasteiger partial charge in [-0.1, -0.05) is 0 Å². The lowest BCUT2D eigenvalue weighted by atomic mass is 10.1. The Labute approximate surface area is 108 Å². The van der Waals surface area contributed by atoms with Gasteiger partial charge in [-0.3, -0.25) is 0 Å². The minimum atomic E-state index is -0.236. The first-order valence-corrected chi connectivity index (χ1v) is 5.94. The molecule has 1 aromatic heterocycles. The molecule has 1 aromatic rings. The number of aromatic nitrogens is 2. The van der Waals surface area contributed by atoms with Crippen LogP contribution < -0.4 is 15.4 Å². The van der Waals surface area contributed by atoms with Crippen molar-refractivity contribution in [3.8, 4) is 5.75 Å². The smallest absolute Gasteiger partial charge is 0.204 e. The summed E-state index contributed by atoms with van der Waals surface area (Å²) >= 11 is 0. The lowest BCUT2D eigenvalue weighted by Gasteiger charge is -2.27. The molecular weight excluding hydrogens is 232 g/mol. The summed E-state index contributed by atoms with van der Waals surface area (Å²) in [5.41, 5.74) is -0.236. The molecule has 0 fully saturated rings. The van der Waals surface area contributed by atoms with E-state index in [4.69, 9.17) is 9.47 Å². The van der Waals surface area contributed by atoms with Gasteiger partial charge in [0.2, 0.25) is 5.75 Å². The highest BCUT2D eigenvalue weighted by Gasteiger charge is 2.21. The first kappa shape index (κ1) is 14.5. The molecule has 0 saturated heterocycles. The van der Waals surface area contributed by atoms with Gasteiger partial charge < -0.3 is 20.1 Å². The Morgan fingerprint density at radius 3 is 2.44 bits per heavy atom. The van der Waals surface area contributed by atoms with E-state index in [-0.39, 0.29) is 5.54 Å². The summed E-state index contributed by atoms with van der Waals surface area (Å²) in [4.78, 5) is 8.37. The summed E-state index contributed by atoms with van der Waals surface area (Å²) in [6.07, 6.45) is 1.51. The second-order valence-corrected chi connectivity index (χ2v) is 4.58. The number of ether oxygens (including phenoxy) is 2. The molecule has 2 N–H and O–H groups in total. The molecule has 0 aliphatic carbocycles. The van der Waals surface area contributed by atoms with Crippen LogP contribution in [0, 0.1) is 0 Å². The van der Waals surface area contributed by atoms with Crippen molar-refractivity contribution >= 4 is 11.6 Å². The first-order chi connectivity index (χ1) is 8.54. The van der Waals surface area contributed by atoms with E-state index < -0.39 is 0 Å². The van der Waals surface area contributed by atoms with Gasteiger partial charge in [-0.2, -0.15) is 0 Å². The molecule has 18 heavy (non-hydrogen) atoms. The molecule has 0 atom stereocenters. The number of rotatable bonds is 7. The summed E-state index contributed by atoms with van der Waals surface area (Å²) in [5, 5.41) is 6.43. The molecule has 1 heterocycles. The quantitative estimate of drug-likeness (QED) is 0.772. The summed E-state index contributed by atoms with van der Waals surface area (Å²) in [6, 6.07) is 0. The molecule has 0 amide bonds. The van der Waals surface area contributed by atoms with Crippen LogP contribution in [0.3, 0.4) is 0 Å². The van der Waals surface area contributed by atoms with Crippen molar-refractivity contribution in [3.63, 3.8) is 0 Å². The predicted molar refractivity (Wildman–Crippen MR) is 72.3 cm³/mol. The average Bonchev–Trinajstić information content (AvgIpc) is 2.29. The van der Waals surface area contributed by atoms with Crippen LogP contribution >= 0.6 is 0 Å². The summed E-state index contributed by atoms with van der Waals surface area (Å²) < 4.78 is 10.5. The zero-order chi connectivity index (χ0) is 13.6. The molecule has 0 radical (unpaired) electrons. The minimum Gasteiger partial charge on any atom is -0.490 e. The van der Waals surface area contributed by atoms with E-state index in [1.54, 1.807) is 14.2 Å². The molecule has 0 aliphatic heterocycles. The van der Waals surface area contributed by atoms with E-state index in [2.05, 4.69) is 20.6 Å². The van der Waals surface area contributed by atoms with E-state index in [1.807, 2.05) is 20.8 Å². The third-order valence-corrected chi connectivity index (χ3v) is 2.31. The molecule has 0 aliphatic rings. The lowest BCUT2D eigenvalue weighted by Crippen LogP contribution is -2.36. The molecule has 6 nitrogen and oxygen atoms in total. The lowest BCUT2D eigenvalue weighted by molar-refractivity contribution is 0.158. The molecule has 0 spiro atoms. The van der Waals surface area contributed by atoms with Gasteiger partial charge in [0.05, 0.1) is 19.3 Å². The number of nitrogens with zero attached hydrogens (tertiary/aromatic N) is 2. The van der Waals surface area contributed by atoms with Gasteiger partial charge in [-0.25, -0.2) is 9.97 Å². The molecule has 102 valence electrons. The van der Waals surface area contributed by atoms with E-state index in [0.717, 1.165) is 6.54 Å². The Hall–Kier alpha value is -1.56. The van der Waals surface area contributed by atoms with Crippen molar-refractivity contribution in [3.05, 3.63) is 6.33 Å². The maximum Gasteiger partial charge on any atom is 0.204 e. The van der Waals surface area contributed by atoms with Crippen molar-refractivity contribution in [1.29, 1.82) is 0 Å². The van der Waals surface area contributed by atoms with Crippen LogP contribution in [0.4, 0.5) is 11.6 Å². The van der Waals surface area contributed by atoms with E-state index in [9.17, 15) is 0 Å². The van der Waals surface area contributed by atoms with Crippen molar-refractivity contribution in [2.45, 2.75) is 26.3 Å². The van der Waals surface area contributed by atoms with Crippen LogP contribution in [0.1, 0.15) is 20.8 Å². The van der Waals surface area contributed by atoms with Crippen molar-refractivity contribution in [2.75, 3.05) is 38.0 Å². The molecule has 1 rings (SSSR count). The summed E-state index contributed by atoms with van der Waals surface area (Å²) in [7, 11) is 3.28. The molecule has 6 heteroatoms. The van der Waals surface area contributed by atoms with Gasteiger partial charge in [-0.05, 0) is 20.8 Å². The highest BCUT2D eigenvalue weighted by Crippen LogP contribution is 2.30. The standard InChI is InChI=1S/C12H22N4O2/c1-6-13-10-9(18-5)11(15-8-14-10)16-12(2,3)7-17-4/h8H,6-7H2,1-5H3,(H2,13,14,15,16). The molecular formula is C12H22N4O2. The van der Waals surface area contributed by atoms with Gasteiger partial charge in [0.25, 0.3) is 0 Å². The number of hydrogen-bond donors (Lipinski definition) is 2. The van der Waals surface area contributed by atoms with Crippen molar-refractivity contribution < 1.29 is 9.47 Å². The Bertz CT molecular complexity index is 382. The number of methoxy groups -OCH3 is 2. The number of hydrogen-bond acceptors (Lipinski definition) is 6. The fourth-order valence-electron chi connectivity index (χ4n) is 1.67. The fourth-order valence-corrected chi connectivity index (χ4v) is 1.67. The van der Waals surface area contributed by atoms with Crippen molar-refractivity contribution in [2.24, 2.45) is 0 Å². The SMILES string of the molecule is CCNc1ncnc(NC(C)(C)COC)c1OC. The molecule has 0 aromatic carbocycles. The normalized spacial score (nSPS) is 11.2. The zero-order valence-corrected chi connectivity index (χ0v) is 11.7. The monoisotopic (exact) mass is 254 g/mol. The topological polar surface area (TPSA) is 68.3 Å². The predicted octanol–water partition coefficient (Wildman–Crippen LogP) is 1.75. The zero-order valence-electron chi connectivity index (χ0n) is 11.7. The Morgan fingerprint density at radius 2 is 1.89 bits per heavy atom. The second kappa shape index (κ2) is 6.39. The van der Waals surface area contributed by atoms with Crippen LogP contribution in [-0.4, -0.2) is 42.9 Å².